The maximum absolute atomic E-state index is 6.09. The Labute approximate surface area is 124 Å². The number of hydrogen-bond donors (Lipinski definition) is 0. The molecule has 3 atom stereocenters. The van der Waals surface area contributed by atoms with Crippen molar-refractivity contribution in [2.24, 2.45) is 5.92 Å². The van der Waals surface area contributed by atoms with Gasteiger partial charge in [0.15, 0.2) is 0 Å². The molecule has 1 saturated heterocycles. The zero-order valence-electron chi connectivity index (χ0n) is 13.6. The Morgan fingerprint density at radius 3 is 2.20 bits per heavy atom. The number of hydrogen-bond acceptors (Lipinski definition) is 4. The molecule has 0 bridgehead atoms. The zero-order chi connectivity index (χ0) is 14.8. The number of fused-ring (bicyclic) bond motifs is 1. The zero-order valence-corrected chi connectivity index (χ0v) is 14.6. The largest absolute Gasteiger partial charge is 0.501 e. The maximum Gasteiger partial charge on any atom is 0.501 e. The highest BCUT2D eigenvalue weighted by molar-refractivity contribution is 6.60. The van der Waals surface area contributed by atoms with Gasteiger partial charge in [0.1, 0.15) is 0 Å². The van der Waals surface area contributed by atoms with E-state index in [9.17, 15) is 0 Å². The molecule has 118 valence electrons. The highest BCUT2D eigenvalue weighted by atomic mass is 28.4. The van der Waals surface area contributed by atoms with Gasteiger partial charge in [0.05, 0.1) is 12.2 Å². The van der Waals surface area contributed by atoms with E-state index in [1.807, 2.05) is 27.7 Å². The van der Waals surface area contributed by atoms with Crippen LogP contribution in [0.1, 0.15) is 53.4 Å². The summed E-state index contributed by atoms with van der Waals surface area (Å²) < 4.78 is 23.5. The van der Waals surface area contributed by atoms with Crippen LogP contribution in [0, 0.1) is 5.92 Å². The molecule has 3 unspecified atom stereocenters. The lowest BCUT2D eigenvalue weighted by Gasteiger charge is -2.33. The van der Waals surface area contributed by atoms with E-state index in [2.05, 4.69) is 0 Å². The molecule has 20 heavy (non-hydrogen) atoms. The quantitative estimate of drug-likeness (QED) is 0.509. The first-order valence-corrected chi connectivity index (χ1v) is 9.93. The second-order valence-electron chi connectivity index (χ2n) is 6.65. The molecule has 0 aromatic carbocycles. The van der Waals surface area contributed by atoms with E-state index in [1.54, 1.807) is 7.11 Å². The second-order valence-corrected chi connectivity index (χ2v) is 9.40. The van der Waals surface area contributed by atoms with Crippen molar-refractivity contribution < 1.29 is 18.0 Å². The van der Waals surface area contributed by atoms with Crippen LogP contribution in [0.4, 0.5) is 0 Å². The van der Waals surface area contributed by atoms with Gasteiger partial charge in [-0.2, -0.15) is 0 Å². The SMILES string of the molecule is CO[Si](CCC1CCC2OC2C1)(OC(C)C)OC(C)C. The average Bonchev–Trinajstić information content (AvgIpc) is 3.13. The van der Waals surface area contributed by atoms with Gasteiger partial charge in [0.2, 0.25) is 0 Å². The summed E-state index contributed by atoms with van der Waals surface area (Å²) in [5.74, 6) is 0.743. The summed E-state index contributed by atoms with van der Waals surface area (Å²) in [5.41, 5.74) is 0. The lowest BCUT2D eigenvalue weighted by molar-refractivity contribution is 0.0312. The molecule has 4 nitrogen and oxygen atoms in total. The molecule has 1 aliphatic carbocycles. The van der Waals surface area contributed by atoms with Crippen LogP contribution in [0.3, 0.4) is 0 Å². The number of rotatable bonds is 8. The molecular formula is C15H30O4Si. The molecule has 1 heterocycles. The van der Waals surface area contributed by atoms with Crippen LogP contribution in [0.5, 0.6) is 0 Å². The van der Waals surface area contributed by atoms with Crippen molar-refractivity contribution in [2.75, 3.05) is 7.11 Å². The highest BCUT2D eigenvalue weighted by Gasteiger charge is 2.46. The predicted molar refractivity (Wildman–Crippen MR) is 80.6 cm³/mol. The van der Waals surface area contributed by atoms with Crippen LogP contribution in [-0.4, -0.2) is 40.3 Å². The lowest BCUT2D eigenvalue weighted by Crippen LogP contribution is -2.48. The summed E-state index contributed by atoms with van der Waals surface area (Å²) in [6.45, 7) is 8.20. The van der Waals surface area contributed by atoms with Gasteiger partial charge in [0.25, 0.3) is 0 Å². The first-order valence-electron chi connectivity index (χ1n) is 8.00. The lowest BCUT2D eigenvalue weighted by atomic mass is 9.88. The van der Waals surface area contributed by atoms with Crippen LogP contribution in [0.2, 0.25) is 6.04 Å². The van der Waals surface area contributed by atoms with Gasteiger partial charge in [-0.05, 0) is 59.3 Å². The molecule has 2 fully saturated rings. The van der Waals surface area contributed by atoms with Crippen molar-refractivity contribution in [3.05, 3.63) is 0 Å². The minimum absolute atomic E-state index is 0.142. The van der Waals surface area contributed by atoms with Crippen molar-refractivity contribution >= 4 is 8.80 Å². The Bertz CT molecular complexity index is 298. The molecule has 2 rings (SSSR count). The van der Waals surface area contributed by atoms with E-state index in [0.29, 0.717) is 12.2 Å². The Hall–Kier alpha value is 0.0569. The summed E-state index contributed by atoms with van der Waals surface area (Å²) in [7, 11) is -0.795. The molecule has 0 spiro atoms. The molecule has 0 radical (unpaired) electrons. The van der Waals surface area contributed by atoms with Gasteiger partial charge < -0.3 is 18.0 Å². The Kier molecular flexibility index (Phi) is 5.65. The fourth-order valence-corrected chi connectivity index (χ4v) is 6.08. The second kappa shape index (κ2) is 6.88. The molecule has 5 heteroatoms. The van der Waals surface area contributed by atoms with Gasteiger partial charge in [-0.15, -0.1) is 0 Å². The molecule has 0 amide bonds. The van der Waals surface area contributed by atoms with E-state index in [0.717, 1.165) is 18.4 Å². The average molecular weight is 302 g/mol. The molecule has 1 saturated carbocycles. The van der Waals surface area contributed by atoms with Gasteiger partial charge in [0, 0.05) is 25.4 Å². The van der Waals surface area contributed by atoms with E-state index >= 15 is 0 Å². The monoisotopic (exact) mass is 302 g/mol. The van der Waals surface area contributed by atoms with Crippen LogP contribution in [-0.2, 0) is 18.0 Å². The topological polar surface area (TPSA) is 40.2 Å². The van der Waals surface area contributed by atoms with E-state index in [1.165, 1.54) is 19.3 Å². The van der Waals surface area contributed by atoms with Gasteiger partial charge >= 0.3 is 8.80 Å². The normalized spacial score (nSPS) is 29.9. The van der Waals surface area contributed by atoms with Crippen molar-refractivity contribution in [3.8, 4) is 0 Å². The van der Waals surface area contributed by atoms with Crippen LogP contribution in [0.15, 0.2) is 0 Å². The highest BCUT2D eigenvalue weighted by Crippen LogP contribution is 2.41. The minimum Gasteiger partial charge on any atom is -0.377 e. The fraction of sp³-hybridized carbons (Fsp3) is 1.00. The summed E-state index contributed by atoms with van der Waals surface area (Å²) >= 11 is 0. The predicted octanol–water partition coefficient (Wildman–Crippen LogP) is 3.38. The Balaban J connectivity index is 1.87. The molecule has 0 N–H and O–H groups in total. The first-order chi connectivity index (χ1) is 9.44. The standard InChI is InChI=1S/C15H30O4Si/c1-11(2)18-20(16-5,19-12(3)4)9-8-13-6-7-14-15(10-13)17-14/h11-15H,6-10H2,1-5H3. The van der Waals surface area contributed by atoms with Crippen molar-refractivity contribution in [2.45, 2.75) is 83.8 Å². The first kappa shape index (κ1) is 16.4. The Morgan fingerprint density at radius 1 is 1.05 bits per heavy atom. The van der Waals surface area contributed by atoms with E-state index in [-0.39, 0.29) is 12.2 Å². The van der Waals surface area contributed by atoms with Crippen molar-refractivity contribution in [3.63, 3.8) is 0 Å². The third-order valence-corrected chi connectivity index (χ3v) is 7.30. The fourth-order valence-electron chi connectivity index (χ4n) is 3.19. The van der Waals surface area contributed by atoms with Crippen LogP contribution < -0.4 is 0 Å². The summed E-state index contributed by atoms with van der Waals surface area (Å²) in [5, 5.41) is 0. The molecule has 2 aliphatic rings. The molecular weight excluding hydrogens is 272 g/mol. The molecule has 1 aliphatic heterocycles. The van der Waals surface area contributed by atoms with Crippen molar-refractivity contribution in [1.82, 2.24) is 0 Å². The summed E-state index contributed by atoms with van der Waals surface area (Å²) in [6.07, 6.45) is 6.25. The summed E-state index contributed by atoms with van der Waals surface area (Å²) in [6, 6.07) is 0.919. The maximum atomic E-state index is 6.09. The van der Waals surface area contributed by atoms with E-state index in [4.69, 9.17) is 18.0 Å². The van der Waals surface area contributed by atoms with Gasteiger partial charge in [-0.1, -0.05) is 0 Å². The molecule has 0 aromatic rings. The van der Waals surface area contributed by atoms with E-state index < -0.39 is 8.80 Å². The van der Waals surface area contributed by atoms with Crippen LogP contribution >= 0.6 is 0 Å². The minimum atomic E-state index is -2.53. The number of epoxide rings is 1. The smallest absolute Gasteiger partial charge is 0.377 e. The van der Waals surface area contributed by atoms with Crippen LogP contribution in [0.25, 0.3) is 0 Å². The third-order valence-electron chi connectivity index (χ3n) is 4.11. The summed E-state index contributed by atoms with van der Waals surface area (Å²) in [4.78, 5) is 0. The molecule has 0 aromatic heterocycles. The van der Waals surface area contributed by atoms with Gasteiger partial charge in [-0.3, -0.25) is 0 Å². The third kappa shape index (κ3) is 4.53. The van der Waals surface area contributed by atoms with Crippen molar-refractivity contribution in [1.29, 1.82) is 0 Å². The number of ether oxygens (including phenoxy) is 1. The van der Waals surface area contributed by atoms with Gasteiger partial charge in [-0.25, -0.2) is 0 Å². The Morgan fingerprint density at radius 2 is 1.70 bits per heavy atom.